The number of benzene rings is 2. The second-order valence-corrected chi connectivity index (χ2v) is 6.58. The molecule has 4 heteroatoms. The zero-order chi connectivity index (χ0) is 19.0. The van der Waals surface area contributed by atoms with Crippen molar-refractivity contribution in [2.24, 2.45) is 0 Å². The van der Waals surface area contributed by atoms with E-state index in [1.807, 2.05) is 57.2 Å². The summed E-state index contributed by atoms with van der Waals surface area (Å²) in [6, 6.07) is 13.5. The standard InChI is InChI=1S/C19H23ClO3.C2H6/c1-13-10-15(6-9-18(13)22)19(2,3)14-4-7-17(8-5-14)23-12-16(21)11-20;1-2/h4-10,16,21-22H,11-12H2,1-3H3;1-2H3. The van der Waals surface area contributed by atoms with Crippen LogP contribution in [0.1, 0.15) is 44.4 Å². The summed E-state index contributed by atoms with van der Waals surface area (Å²) < 4.78 is 5.50. The van der Waals surface area contributed by atoms with Gasteiger partial charge in [-0.25, -0.2) is 0 Å². The topological polar surface area (TPSA) is 49.7 Å². The zero-order valence-electron chi connectivity index (χ0n) is 15.7. The van der Waals surface area contributed by atoms with E-state index in [0.717, 1.165) is 16.7 Å². The van der Waals surface area contributed by atoms with Crippen LogP contribution in [0.5, 0.6) is 11.5 Å². The van der Waals surface area contributed by atoms with Gasteiger partial charge in [0.25, 0.3) is 0 Å². The molecular weight excluding hydrogens is 336 g/mol. The highest BCUT2D eigenvalue weighted by atomic mass is 35.5. The van der Waals surface area contributed by atoms with Crippen LogP contribution in [0.2, 0.25) is 0 Å². The molecule has 2 N–H and O–H groups in total. The number of ether oxygens (including phenoxy) is 1. The van der Waals surface area contributed by atoms with E-state index in [-0.39, 0.29) is 17.9 Å². The van der Waals surface area contributed by atoms with Gasteiger partial charge in [0.05, 0.1) is 5.88 Å². The number of phenols is 1. The predicted molar refractivity (Wildman–Crippen MR) is 105 cm³/mol. The highest BCUT2D eigenvalue weighted by molar-refractivity contribution is 6.18. The summed E-state index contributed by atoms with van der Waals surface area (Å²) in [4.78, 5) is 0. The SMILES string of the molecule is CC.Cc1cc(C(C)(C)c2ccc(OCC(O)CCl)cc2)ccc1O. The maximum Gasteiger partial charge on any atom is 0.119 e. The first-order chi connectivity index (χ1) is 11.8. The lowest BCUT2D eigenvalue weighted by Crippen LogP contribution is -2.20. The molecule has 2 rings (SSSR count). The Morgan fingerprint density at radius 2 is 1.60 bits per heavy atom. The summed E-state index contributed by atoms with van der Waals surface area (Å²) >= 11 is 5.55. The second kappa shape index (κ2) is 9.69. The van der Waals surface area contributed by atoms with Crippen LogP contribution in [0.3, 0.4) is 0 Å². The van der Waals surface area contributed by atoms with E-state index in [1.165, 1.54) is 0 Å². The first kappa shape index (κ1) is 21.3. The lowest BCUT2D eigenvalue weighted by molar-refractivity contribution is 0.125. The summed E-state index contributed by atoms with van der Waals surface area (Å²) in [6.45, 7) is 10.4. The third-order valence-corrected chi connectivity index (χ3v) is 4.47. The van der Waals surface area contributed by atoms with Crippen molar-refractivity contribution in [2.75, 3.05) is 12.5 Å². The van der Waals surface area contributed by atoms with Crippen molar-refractivity contribution in [3.05, 3.63) is 59.2 Å². The largest absolute Gasteiger partial charge is 0.508 e. The number of aryl methyl sites for hydroxylation is 1. The average Bonchev–Trinajstić information content (AvgIpc) is 2.63. The molecule has 0 radical (unpaired) electrons. The first-order valence-corrected chi connectivity index (χ1v) is 9.15. The van der Waals surface area contributed by atoms with E-state index >= 15 is 0 Å². The van der Waals surface area contributed by atoms with E-state index in [4.69, 9.17) is 16.3 Å². The molecule has 0 aliphatic heterocycles. The van der Waals surface area contributed by atoms with Gasteiger partial charge >= 0.3 is 0 Å². The molecule has 2 aromatic carbocycles. The zero-order valence-corrected chi connectivity index (χ0v) is 16.5. The van der Waals surface area contributed by atoms with Crippen molar-refractivity contribution >= 4 is 11.6 Å². The number of hydrogen-bond donors (Lipinski definition) is 2. The Kier molecular flexibility index (Phi) is 8.27. The van der Waals surface area contributed by atoms with E-state index in [2.05, 4.69) is 13.8 Å². The summed E-state index contributed by atoms with van der Waals surface area (Å²) in [6.07, 6.45) is -0.659. The molecule has 25 heavy (non-hydrogen) atoms. The molecule has 138 valence electrons. The molecule has 2 aromatic rings. The number of halogens is 1. The van der Waals surface area contributed by atoms with Gasteiger partial charge in [0.15, 0.2) is 0 Å². The van der Waals surface area contributed by atoms with Crippen LogP contribution in [-0.4, -0.2) is 28.8 Å². The summed E-state index contributed by atoms with van der Waals surface area (Å²) in [7, 11) is 0. The Bertz CT molecular complexity index is 651. The number of rotatable bonds is 6. The van der Waals surface area contributed by atoms with Crippen molar-refractivity contribution in [3.8, 4) is 11.5 Å². The van der Waals surface area contributed by atoms with Crippen LogP contribution in [0.4, 0.5) is 0 Å². The minimum Gasteiger partial charge on any atom is -0.508 e. The summed E-state index contributed by atoms with van der Waals surface area (Å²) in [5.41, 5.74) is 2.96. The van der Waals surface area contributed by atoms with Gasteiger partial charge in [-0.3, -0.25) is 0 Å². The van der Waals surface area contributed by atoms with Crippen molar-refractivity contribution in [3.63, 3.8) is 0 Å². The number of alkyl halides is 1. The van der Waals surface area contributed by atoms with Gasteiger partial charge in [0.2, 0.25) is 0 Å². The Morgan fingerprint density at radius 3 is 2.12 bits per heavy atom. The van der Waals surface area contributed by atoms with Gasteiger partial charge in [0.1, 0.15) is 24.2 Å². The molecule has 0 aromatic heterocycles. The third kappa shape index (κ3) is 5.65. The summed E-state index contributed by atoms with van der Waals surface area (Å²) in [5.74, 6) is 1.17. The van der Waals surface area contributed by atoms with Gasteiger partial charge in [0, 0.05) is 5.41 Å². The number of hydrogen-bond acceptors (Lipinski definition) is 3. The fraction of sp³-hybridized carbons (Fsp3) is 0.429. The molecular formula is C21H29ClO3. The van der Waals surface area contributed by atoms with E-state index in [1.54, 1.807) is 6.07 Å². The Morgan fingerprint density at radius 1 is 1.04 bits per heavy atom. The van der Waals surface area contributed by atoms with Crippen LogP contribution in [0.15, 0.2) is 42.5 Å². The quantitative estimate of drug-likeness (QED) is 0.706. The second-order valence-electron chi connectivity index (χ2n) is 6.27. The highest BCUT2D eigenvalue weighted by Gasteiger charge is 2.23. The number of aliphatic hydroxyl groups excluding tert-OH is 1. The van der Waals surface area contributed by atoms with E-state index in [9.17, 15) is 10.2 Å². The van der Waals surface area contributed by atoms with Crippen LogP contribution < -0.4 is 4.74 Å². The van der Waals surface area contributed by atoms with E-state index < -0.39 is 6.10 Å². The molecule has 1 unspecified atom stereocenters. The van der Waals surface area contributed by atoms with Crippen LogP contribution in [-0.2, 0) is 5.41 Å². The van der Waals surface area contributed by atoms with E-state index in [0.29, 0.717) is 11.5 Å². The van der Waals surface area contributed by atoms with Crippen LogP contribution >= 0.6 is 11.6 Å². The molecule has 0 saturated heterocycles. The lowest BCUT2D eigenvalue weighted by atomic mass is 9.77. The van der Waals surface area contributed by atoms with Gasteiger partial charge in [-0.1, -0.05) is 52.0 Å². The van der Waals surface area contributed by atoms with Crippen LogP contribution in [0, 0.1) is 6.92 Å². The maximum atomic E-state index is 9.69. The number of aromatic hydroxyl groups is 1. The third-order valence-electron chi connectivity index (χ3n) is 4.11. The summed E-state index contributed by atoms with van der Waals surface area (Å²) in [5, 5.41) is 19.1. The van der Waals surface area contributed by atoms with Crippen molar-refractivity contribution in [1.82, 2.24) is 0 Å². The van der Waals surface area contributed by atoms with Crippen molar-refractivity contribution in [1.29, 1.82) is 0 Å². The first-order valence-electron chi connectivity index (χ1n) is 8.62. The molecule has 0 bridgehead atoms. The lowest BCUT2D eigenvalue weighted by Gasteiger charge is -2.27. The molecule has 0 saturated carbocycles. The van der Waals surface area contributed by atoms with Gasteiger partial charge in [-0.2, -0.15) is 0 Å². The molecule has 1 atom stereocenters. The highest BCUT2D eigenvalue weighted by Crippen LogP contribution is 2.34. The Labute approximate surface area is 156 Å². The van der Waals surface area contributed by atoms with Crippen molar-refractivity contribution < 1.29 is 14.9 Å². The fourth-order valence-corrected chi connectivity index (χ4v) is 2.50. The smallest absolute Gasteiger partial charge is 0.119 e. The molecule has 3 nitrogen and oxygen atoms in total. The van der Waals surface area contributed by atoms with Gasteiger partial charge in [-0.05, 0) is 41.8 Å². The molecule has 0 aliphatic rings. The minimum absolute atomic E-state index is 0.158. The Balaban J connectivity index is 0.00000151. The predicted octanol–water partition coefficient (Wildman–Crippen LogP) is 5.03. The molecule has 0 amide bonds. The molecule has 0 spiro atoms. The molecule has 0 fully saturated rings. The normalized spacial score (nSPS) is 12.1. The maximum absolute atomic E-state index is 9.69. The van der Waals surface area contributed by atoms with Gasteiger partial charge in [-0.15, -0.1) is 11.6 Å². The van der Waals surface area contributed by atoms with Crippen LogP contribution in [0.25, 0.3) is 0 Å². The number of phenolic OH excluding ortho intramolecular Hbond substituents is 1. The Hall–Kier alpha value is -1.71. The van der Waals surface area contributed by atoms with Gasteiger partial charge < -0.3 is 14.9 Å². The average molecular weight is 365 g/mol. The molecule has 0 aliphatic carbocycles. The fourth-order valence-electron chi connectivity index (χ4n) is 2.42. The minimum atomic E-state index is -0.659. The monoisotopic (exact) mass is 364 g/mol. The number of aliphatic hydroxyl groups is 1. The molecule has 0 heterocycles. The van der Waals surface area contributed by atoms with Crippen molar-refractivity contribution in [2.45, 2.75) is 46.1 Å².